The number of amides is 2. The highest BCUT2D eigenvalue weighted by Gasteiger charge is 2.48. The predicted octanol–water partition coefficient (Wildman–Crippen LogP) is 1.24. The highest BCUT2D eigenvalue weighted by atomic mass is 35.5. The molecule has 1 aromatic heterocycles. The Morgan fingerprint density at radius 1 is 1.38 bits per heavy atom. The minimum Gasteiger partial charge on any atom is -0.348 e. The number of carbonyl (C=O) groups is 3. The van der Waals surface area contributed by atoms with Gasteiger partial charge in [0.1, 0.15) is 11.9 Å². The van der Waals surface area contributed by atoms with Crippen molar-refractivity contribution < 1.29 is 27.6 Å². The van der Waals surface area contributed by atoms with Gasteiger partial charge < -0.3 is 4.98 Å². The quantitative estimate of drug-likeness (QED) is 0.642. The second-order valence-electron chi connectivity index (χ2n) is 3.80. The van der Waals surface area contributed by atoms with E-state index in [1.54, 1.807) is 0 Å². The molecule has 1 rings (SSSR count). The Balaban J connectivity index is 3.15. The van der Waals surface area contributed by atoms with Crippen molar-refractivity contribution in [3.05, 3.63) is 18.2 Å². The zero-order valence-corrected chi connectivity index (χ0v) is 11.7. The van der Waals surface area contributed by atoms with Crippen molar-refractivity contribution in [1.82, 2.24) is 14.9 Å². The molecule has 0 saturated carbocycles. The number of imide groups is 1. The van der Waals surface area contributed by atoms with Gasteiger partial charge in [0.25, 0.3) is 0 Å². The van der Waals surface area contributed by atoms with Crippen LogP contribution in [0.15, 0.2) is 12.5 Å². The molecule has 0 aromatic carbocycles. The molecule has 2 amide bonds. The minimum atomic E-state index is -5.35. The van der Waals surface area contributed by atoms with Crippen molar-refractivity contribution in [2.24, 2.45) is 0 Å². The fraction of sp³-hybridized carbons (Fsp3) is 0.400. The van der Waals surface area contributed by atoms with E-state index in [0.29, 0.717) is 0 Å². The smallest absolute Gasteiger partial charge is 0.348 e. The molecule has 0 aliphatic rings. The molecule has 1 aromatic rings. The first-order chi connectivity index (χ1) is 9.68. The molecule has 0 unspecified atom stereocenters. The Kier molecular flexibility index (Phi) is 5.73. The molecule has 1 N–H and O–H groups in total. The van der Waals surface area contributed by atoms with Crippen LogP contribution in [-0.4, -0.2) is 50.0 Å². The van der Waals surface area contributed by atoms with Crippen molar-refractivity contribution in [1.29, 1.82) is 0 Å². The van der Waals surface area contributed by atoms with Crippen molar-refractivity contribution >= 4 is 40.3 Å². The van der Waals surface area contributed by atoms with Gasteiger partial charge in [0.2, 0.25) is 11.1 Å². The zero-order chi connectivity index (χ0) is 16.2. The van der Waals surface area contributed by atoms with Crippen LogP contribution in [0.1, 0.15) is 5.69 Å². The second-order valence-corrected chi connectivity index (χ2v) is 4.44. The van der Waals surface area contributed by atoms with Crippen LogP contribution in [0.4, 0.5) is 13.2 Å². The molecule has 6 nitrogen and oxygen atoms in total. The van der Waals surface area contributed by atoms with Gasteiger partial charge in [-0.25, -0.2) is 4.98 Å². The molecular formula is C10H8Cl2F3N3O3. The van der Waals surface area contributed by atoms with Crippen LogP contribution in [-0.2, 0) is 20.8 Å². The first-order valence-corrected chi connectivity index (χ1v) is 6.25. The Morgan fingerprint density at radius 2 is 2.00 bits per heavy atom. The molecule has 0 saturated heterocycles. The largest absolute Gasteiger partial charge is 0.471 e. The van der Waals surface area contributed by atoms with Gasteiger partial charge in [-0.3, -0.25) is 19.3 Å². The lowest BCUT2D eigenvalue weighted by Crippen LogP contribution is -2.53. The number of nitrogens with one attached hydrogen (secondary N) is 1. The molecule has 0 spiro atoms. The number of H-pyrrole nitrogens is 1. The van der Waals surface area contributed by atoms with E-state index in [0.717, 1.165) is 0 Å². The number of nitrogens with zero attached hydrogens (tertiary/aromatic N) is 2. The van der Waals surface area contributed by atoms with E-state index in [1.807, 2.05) is 0 Å². The lowest BCUT2D eigenvalue weighted by Gasteiger charge is -2.27. The first kappa shape index (κ1) is 17.4. The van der Waals surface area contributed by atoms with Gasteiger partial charge in [0.15, 0.2) is 0 Å². The maximum absolute atomic E-state index is 12.5. The number of hydrogen-bond donors (Lipinski definition) is 1. The topological polar surface area (TPSA) is 83.1 Å². The van der Waals surface area contributed by atoms with Crippen LogP contribution in [0.2, 0.25) is 0 Å². The monoisotopic (exact) mass is 345 g/mol. The average Bonchev–Trinajstić information content (AvgIpc) is 2.89. The molecule has 0 aliphatic heterocycles. The minimum absolute atomic E-state index is 0.219. The summed E-state index contributed by atoms with van der Waals surface area (Å²) in [6.45, 7) is 0. The van der Waals surface area contributed by atoms with Crippen molar-refractivity contribution in [3.63, 3.8) is 0 Å². The lowest BCUT2D eigenvalue weighted by molar-refractivity contribution is -0.189. The van der Waals surface area contributed by atoms with Crippen LogP contribution < -0.4 is 0 Å². The van der Waals surface area contributed by atoms with E-state index >= 15 is 0 Å². The molecule has 0 radical (unpaired) electrons. The van der Waals surface area contributed by atoms with Crippen LogP contribution in [0.5, 0.6) is 0 Å². The van der Waals surface area contributed by atoms with Crippen LogP contribution >= 0.6 is 23.2 Å². The SMILES string of the molecule is O=C(Cl)[C@H](Cc1cnc[nH]1)N(C(=O)CCl)C(=O)C(F)(F)F. The van der Waals surface area contributed by atoms with Crippen molar-refractivity contribution in [2.75, 3.05) is 5.88 Å². The summed E-state index contributed by atoms with van der Waals surface area (Å²) in [4.78, 5) is 40.0. The summed E-state index contributed by atoms with van der Waals surface area (Å²) < 4.78 is 37.6. The molecule has 1 atom stereocenters. The summed E-state index contributed by atoms with van der Waals surface area (Å²) in [5.74, 6) is -4.80. The van der Waals surface area contributed by atoms with Gasteiger partial charge in [-0.05, 0) is 11.6 Å². The van der Waals surface area contributed by atoms with Gasteiger partial charge in [0, 0.05) is 18.3 Å². The van der Waals surface area contributed by atoms with Gasteiger partial charge >= 0.3 is 12.1 Å². The summed E-state index contributed by atoms with van der Waals surface area (Å²) >= 11 is 10.4. The maximum Gasteiger partial charge on any atom is 0.471 e. The normalized spacial score (nSPS) is 12.8. The lowest BCUT2D eigenvalue weighted by atomic mass is 10.1. The molecule has 0 aliphatic carbocycles. The summed E-state index contributed by atoms with van der Waals surface area (Å²) in [7, 11) is 0. The molecule has 1 heterocycles. The molecule has 0 fully saturated rings. The number of imidazole rings is 1. The van der Waals surface area contributed by atoms with Crippen molar-refractivity contribution in [2.45, 2.75) is 18.6 Å². The average molecular weight is 346 g/mol. The van der Waals surface area contributed by atoms with Gasteiger partial charge in [-0.2, -0.15) is 13.2 Å². The number of carbonyl (C=O) groups excluding carboxylic acids is 3. The van der Waals surface area contributed by atoms with Gasteiger partial charge in [0.05, 0.1) is 6.33 Å². The van der Waals surface area contributed by atoms with E-state index in [1.165, 1.54) is 12.5 Å². The maximum atomic E-state index is 12.5. The summed E-state index contributed by atoms with van der Waals surface area (Å²) in [6, 6.07) is -1.84. The van der Waals surface area contributed by atoms with Crippen LogP contribution in [0.3, 0.4) is 0 Å². The third-order valence-corrected chi connectivity index (χ3v) is 2.87. The molecule has 0 bridgehead atoms. The van der Waals surface area contributed by atoms with Gasteiger partial charge in [-0.15, -0.1) is 11.6 Å². The van der Waals surface area contributed by atoms with E-state index in [2.05, 4.69) is 9.97 Å². The Bertz CT molecular complexity index is 533. The Hall–Kier alpha value is -1.61. The molecule has 21 heavy (non-hydrogen) atoms. The third kappa shape index (κ3) is 4.43. The highest BCUT2D eigenvalue weighted by molar-refractivity contribution is 6.65. The zero-order valence-electron chi connectivity index (χ0n) is 10.2. The predicted molar refractivity (Wildman–Crippen MR) is 65.6 cm³/mol. The molecule has 116 valence electrons. The van der Waals surface area contributed by atoms with Gasteiger partial charge in [-0.1, -0.05) is 0 Å². The number of rotatable bonds is 5. The van der Waals surface area contributed by atoms with E-state index < -0.39 is 41.6 Å². The highest BCUT2D eigenvalue weighted by Crippen LogP contribution is 2.22. The summed E-state index contributed by atoms with van der Waals surface area (Å²) in [6.07, 6.45) is -3.36. The van der Waals surface area contributed by atoms with Crippen LogP contribution in [0, 0.1) is 0 Å². The summed E-state index contributed by atoms with van der Waals surface area (Å²) in [5.41, 5.74) is 0.219. The van der Waals surface area contributed by atoms with E-state index in [4.69, 9.17) is 23.2 Å². The number of hydrogen-bond acceptors (Lipinski definition) is 4. The fourth-order valence-corrected chi connectivity index (χ4v) is 1.81. The number of aromatic nitrogens is 2. The number of alkyl halides is 4. The number of aromatic amines is 1. The first-order valence-electron chi connectivity index (χ1n) is 5.34. The van der Waals surface area contributed by atoms with E-state index in [-0.39, 0.29) is 10.6 Å². The second kappa shape index (κ2) is 6.90. The standard InChI is InChI=1S/C10H8Cl2F3N3O3/c11-2-7(19)18(9(21)10(13,14)15)6(8(12)20)1-5-3-16-4-17-5/h3-4,6H,1-2H2,(H,16,17)/t6-/m0/s1. The number of halogens is 5. The molecule has 11 heteroatoms. The van der Waals surface area contributed by atoms with Crippen LogP contribution in [0.25, 0.3) is 0 Å². The fourth-order valence-electron chi connectivity index (χ4n) is 1.51. The van der Waals surface area contributed by atoms with Crippen molar-refractivity contribution in [3.8, 4) is 0 Å². The Labute approximate surface area is 126 Å². The van der Waals surface area contributed by atoms with E-state index in [9.17, 15) is 27.6 Å². The Morgan fingerprint density at radius 3 is 2.38 bits per heavy atom. The summed E-state index contributed by atoms with van der Waals surface area (Å²) in [5, 5.41) is -1.30. The molecular weight excluding hydrogens is 338 g/mol. The third-order valence-electron chi connectivity index (χ3n) is 2.39.